The van der Waals surface area contributed by atoms with E-state index in [4.69, 9.17) is 14.9 Å². The molecule has 1 amide bonds. The normalized spacial score (nSPS) is 16.2. The highest BCUT2D eigenvalue weighted by Crippen LogP contribution is 2.22. The average molecular weight is 580 g/mol. The van der Waals surface area contributed by atoms with Gasteiger partial charge in [-0.2, -0.15) is 19.5 Å². The summed E-state index contributed by atoms with van der Waals surface area (Å²) in [4.78, 5) is 32.0. The minimum absolute atomic E-state index is 0.166. The van der Waals surface area contributed by atoms with Crippen LogP contribution in [0.5, 0.6) is 0 Å². The fourth-order valence-corrected chi connectivity index (χ4v) is 4.95. The van der Waals surface area contributed by atoms with Crippen LogP contribution in [0.4, 0.5) is 22.0 Å². The molecule has 14 nitrogen and oxygen atoms in total. The van der Waals surface area contributed by atoms with Crippen molar-refractivity contribution in [3.63, 3.8) is 0 Å². The summed E-state index contributed by atoms with van der Waals surface area (Å²) in [5, 5.41) is 10.4. The van der Waals surface area contributed by atoms with E-state index in [0.717, 1.165) is 32.8 Å². The Hall–Kier alpha value is -4.34. The van der Waals surface area contributed by atoms with Crippen LogP contribution in [0.15, 0.2) is 41.0 Å². The van der Waals surface area contributed by atoms with Crippen molar-refractivity contribution < 1.29 is 18.3 Å². The number of aromatic nitrogens is 5. The van der Waals surface area contributed by atoms with Crippen LogP contribution in [0.25, 0.3) is 17.4 Å². The number of nitrogens with one attached hydrogen (secondary N) is 2. The van der Waals surface area contributed by atoms with Crippen LogP contribution in [-0.2, 0) is 4.74 Å². The van der Waals surface area contributed by atoms with Crippen molar-refractivity contribution in [3.8, 4) is 11.6 Å². The standard InChI is InChI=1S/C27H34FN11O3/c1-36(19-16-41-17-19)8-6-30-24(40)18-4-5-21(20(28)15-18)38-12-10-37(11-13-38)9-7-31-26-33-25(29)39-27(34-26)32-23(35-39)22-3-2-14-42-22/h2-5,14-15,19H,6-13,16-17H2,1H3,(H,30,40)(H3,29,31,32,33,34,35). The van der Waals surface area contributed by atoms with Gasteiger partial charge in [-0.05, 0) is 37.4 Å². The number of ether oxygens (including phenoxy) is 1. The molecule has 5 heterocycles. The van der Waals surface area contributed by atoms with Crippen LogP contribution in [0.2, 0.25) is 0 Å². The Kier molecular flexibility index (Phi) is 8.12. The summed E-state index contributed by atoms with van der Waals surface area (Å²) in [6.45, 7) is 6.87. The van der Waals surface area contributed by atoms with Crippen molar-refractivity contribution >= 4 is 29.3 Å². The van der Waals surface area contributed by atoms with E-state index in [-0.39, 0.29) is 11.9 Å². The van der Waals surface area contributed by atoms with Gasteiger partial charge in [-0.15, -0.1) is 5.10 Å². The van der Waals surface area contributed by atoms with Crippen LogP contribution < -0.4 is 21.3 Å². The molecule has 4 aromatic rings. The Morgan fingerprint density at radius 2 is 1.98 bits per heavy atom. The Balaban J connectivity index is 0.955. The second-order valence-electron chi connectivity index (χ2n) is 10.4. The summed E-state index contributed by atoms with van der Waals surface area (Å²) < 4.78 is 26.9. The Bertz CT molecular complexity index is 1520. The zero-order valence-electron chi connectivity index (χ0n) is 23.4. The number of carbonyl (C=O) groups is 1. The lowest BCUT2D eigenvalue weighted by Crippen LogP contribution is -2.49. The highest BCUT2D eigenvalue weighted by atomic mass is 19.1. The van der Waals surface area contributed by atoms with Gasteiger partial charge in [0.2, 0.25) is 17.7 Å². The number of rotatable bonds is 11. The maximum atomic E-state index is 15.0. The molecule has 2 saturated heterocycles. The summed E-state index contributed by atoms with van der Waals surface area (Å²) in [6.07, 6.45) is 1.55. The van der Waals surface area contributed by atoms with E-state index in [9.17, 15) is 4.79 Å². The number of hydrogen-bond donors (Lipinski definition) is 3. The molecule has 0 unspecified atom stereocenters. The third-order valence-electron chi connectivity index (χ3n) is 7.60. The van der Waals surface area contributed by atoms with Gasteiger partial charge in [-0.3, -0.25) is 14.6 Å². The third kappa shape index (κ3) is 6.12. The zero-order valence-corrected chi connectivity index (χ0v) is 23.4. The first-order valence-electron chi connectivity index (χ1n) is 14.0. The largest absolute Gasteiger partial charge is 0.461 e. The van der Waals surface area contributed by atoms with Crippen molar-refractivity contribution in [2.75, 3.05) is 88.6 Å². The number of nitrogens with two attached hydrogens (primary N) is 1. The zero-order chi connectivity index (χ0) is 29.1. The van der Waals surface area contributed by atoms with Crippen LogP contribution in [0.3, 0.4) is 0 Å². The first-order valence-corrected chi connectivity index (χ1v) is 14.0. The molecule has 4 N–H and O–H groups in total. The molecule has 6 rings (SSSR count). The number of nitrogen functional groups attached to an aromatic ring is 1. The molecule has 1 aromatic carbocycles. The molecule has 15 heteroatoms. The predicted octanol–water partition coefficient (Wildman–Crippen LogP) is 0.795. The lowest BCUT2D eigenvalue weighted by Gasteiger charge is -2.36. The van der Waals surface area contributed by atoms with E-state index in [2.05, 4.69) is 40.5 Å². The summed E-state index contributed by atoms with van der Waals surface area (Å²) in [6, 6.07) is 8.61. The second kappa shape index (κ2) is 12.3. The third-order valence-corrected chi connectivity index (χ3v) is 7.60. The topological polar surface area (TPSA) is 155 Å². The fraction of sp³-hybridized carbons (Fsp3) is 0.444. The number of anilines is 3. The number of amides is 1. The van der Waals surface area contributed by atoms with Gasteiger partial charge in [0.1, 0.15) is 5.82 Å². The van der Waals surface area contributed by atoms with Gasteiger partial charge in [0.25, 0.3) is 11.7 Å². The highest BCUT2D eigenvalue weighted by Gasteiger charge is 2.23. The molecule has 0 atom stereocenters. The minimum atomic E-state index is -0.393. The lowest BCUT2D eigenvalue weighted by atomic mass is 10.1. The minimum Gasteiger partial charge on any atom is -0.461 e. The number of fused-ring (bicyclic) bond motifs is 1. The van der Waals surface area contributed by atoms with E-state index in [1.165, 1.54) is 10.6 Å². The van der Waals surface area contributed by atoms with E-state index >= 15 is 4.39 Å². The number of halogens is 1. The van der Waals surface area contributed by atoms with Gasteiger partial charge in [0.05, 0.1) is 31.2 Å². The SMILES string of the molecule is CN(CCNC(=O)c1ccc(N2CCN(CCNc3nc(N)n4nc(-c5ccco5)nc4n3)CC2)c(F)c1)C1COC1. The number of nitrogens with zero attached hydrogens (tertiary/aromatic N) is 8. The average Bonchev–Trinajstić information content (AvgIpc) is 3.63. The van der Waals surface area contributed by atoms with E-state index in [0.29, 0.717) is 73.3 Å². The summed E-state index contributed by atoms with van der Waals surface area (Å²) in [5.41, 5.74) is 6.89. The first kappa shape index (κ1) is 27.8. The molecule has 0 radical (unpaired) electrons. The first-order chi connectivity index (χ1) is 20.4. The highest BCUT2D eigenvalue weighted by molar-refractivity contribution is 5.94. The quantitative estimate of drug-likeness (QED) is 0.230. The second-order valence-corrected chi connectivity index (χ2v) is 10.4. The predicted molar refractivity (Wildman–Crippen MR) is 154 cm³/mol. The Labute approximate surface area is 241 Å². The molecule has 0 spiro atoms. The summed E-state index contributed by atoms with van der Waals surface area (Å²) >= 11 is 0. The maximum absolute atomic E-state index is 15.0. The molecular formula is C27H34FN11O3. The van der Waals surface area contributed by atoms with Crippen molar-refractivity contribution in [2.24, 2.45) is 0 Å². The molecule has 2 fully saturated rings. The van der Waals surface area contributed by atoms with Crippen molar-refractivity contribution in [2.45, 2.75) is 6.04 Å². The molecule has 222 valence electrons. The maximum Gasteiger partial charge on any atom is 0.259 e. The monoisotopic (exact) mass is 579 g/mol. The van der Waals surface area contributed by atoms with Gasteiger partial charge in [-0.1, -0.05) is 0 Å². The molecule has 42 heavy (non-hydrogen) atoms. The van der Waals surface area contributed by atoms with Gasteiger partial charge in [0, 0.05) is 57.9 Å². The van der Waals surface area contributed by atoms with Crippen molar-refractivity contribution in [1.82, 2.24) is 39.7 Å². The summed E-state index contributed by atoms with van der Waals surface area (Å²) in [7, 11) is 2.01. The number of piperazine rings is 1. The van der Waals surface area contributed by atoms with Gasteiger partial charge in [-0.25, -0.2) is 4.39 Å². The van der Waals surface area contributed by atoms with Crippen molar-refractivity contribution in [1.29, 1.82) is 0 Å². The van der Waals surface area contributed by atoms with Gasteiger partial charge >= 0.3 is 0 Å². The van der Waals surface area contributed by atoms with Crippen LogP contribution >= 0.6 is 0 Å². The smallest absolute Gasteiger partial charge is 0.259 e. The van der Waals surface area contributed by atoms with Crippen LogP contribution in [-0.4, -0.2) is 119 Å². The molecular weight excluding hydrogens is 545 g/mol. The number of likely N-dealkylation sites (N-methyl/N-ethyl adjacent to an activating group) is 1. The van der Waals surface area contributed by atoms with E-state index in [1.54, 1.807) is 30.5 Å². The molecule has 0 aliphatic carbocycles. The van der Waals surface area contributed by atoms with Crippen LogP contribution in [0.1, 0.15) is 10.4 Å². The lowest BCUT2D eigenvalue weighted by molar-refractivity contribution is -0.0552. The number of furan rings is 1. The van der Waals surface area contributed by atoms with Gasteiger partial charge < -0.3 is 30.4 Å². The molecule has 0 saturated carbocycles. The fourth-order valence-electron chi connectivity index (χ4n) is 4.95. The van der Waals surface area contributed by atoms with E-state index in [1.807, 2.05) is 11.9 Å². The molecule has 3 aromatic heterocycles. The van der Waals surface area contributed by atoms with Crippen LogP contribution in [0, 0.1) is 5.82 Å². The number of benzene rings is 1. The van der Waals surface area contributed by atoms with E-state index < -0.39 is 5.82 Å². The summed E-state index contributed by atoms with van der Waals surface area (Å²) in [5.74, 6) is 1.08. The molecule has 2 aliphatic rings. The molecule has 0 bridgehead atoms. The Morgan fingerprint density at radius 3 is 2.69 bits per heavy atom. The number of carbonyl (C=O) groups excluding carboxylic acids is 1. The van der Waals surface area contributed by atoms with Gasteiger partial charge in [0.15, 0.2) is 5.76 Å². The Morgan fingerprint density at radius 1 is 1.14 bits per heavy atom. The number of hydrogen-bond acceptors (Lipinski definition) is 12. The van der Waals surface area contributed by atoms with Crippen molar-refractivity contribution in [3.05, 3.63) is 48.0 Å². The molecule has 2 aliphatic heterocycles.